The van der Waals surface area contributed by atoms with Gasteiger partial charge in [0, 0.05) is 23.2 Å². The van der Waals surface area contributed by atoms with Gasteiger partial charge in [-0.3, -0.25) is 9.97 Å². The Morgan fingerprint density at radius 3 is 2.38 bits per heavy atom. The van der Waals surface area contributed by atoms with Crippen LogP contribution in [-0.4, -0.2) is 9.97 Å². The van der Waals surface area contributed by atoms with Crippen LogP contribution in [0.2, 0.25) is 0 Å². The second-order valence-corrected chi connectivity index (χ2v) is 7.12. The van der Waals surface area contributed by atoms with Crippen LogP contribution < -0.4 is 0 Å². The SMILES string of the molecule is CC(C)c1ccc2nccc(C#N)c2c1.CCc1cnc2ccc(C#N)cc2c1. The third-order valence-electron chi connectivity index (χ3n) is 4.83. The maximum absolute atomic E-state index is 8.99. The minimum Gasteiger partial charge on any atom is -0.256 e. The van der Waals surface area contributed by atoms with Crippen LogP contribution in [0.15, 0.2) is 60.9 Å². The van der Waals surface area contributed by atoms with E-state index in [9.17, 15) is 0 Å². The zero-order valence-corrected chi connectivity index (χ0v) is 16.8. The van der Waals surface area contributed by atoms with Crippen LogP contribution in [0.3, 0.4) is 0 Å². The fourth-order valence-electron chi connectivity index (χ4n) is 3.06. The van der Waals surface area contributed by atoms with Gasteiger partial charge in [0.05, 0.1) is 34.3 Å². The largest absolute Gasteiger partial charge is 0.256 e. The lowest BCUT2D eigenvalue weighted by Crippen LogP contribution is -1.89. The predicted octanol–water partition coefficient (Wildman–Crippen LogP) is 5.90. The lowest BCUT2D eigenvalue weighted by Gasteiger charge is -2.06. The van der Waals surface area contributed by atoms with E-state index < -0.39 is 0 Å². The van der Waals surface area contributed by atoms with Crippen LogP contribution in [0, 0.1) is 22.7 Å². The third kappa shape index (κ3) is 4.57. The zero-order chi connectivity index (χ0) is 20.8. The van der Waals surface area contributed by atoms with Crippen molar-refractivity contribution in [2.75, 3.05) is 0 Å². The Morgan fingerprint density at radius 2 is 1.69 bits per heavy atom. The molecule has 0 fully saturated rings. The average Bonchev–Trinajstić information content (AvgIpc) is 2.77. The Bertz CT molecular complexity index is 1240. The minimum absolute atomic E-state index is 0.473. The van der Waals surface area contributed by atoms with Gasteiger partial charge in [0.15, 0.2) is 0 Å². The summed E-state index contributed by atoms with van der Waals surface area (Å²) in [5, 5.41) is 19.7. The van der Waals surface area contributed by atoms with E-state index in [0.717, 1.165) is 28.2 Å². The highest BCUT2D eigenvalue weighted by Gasteiger charge is 2.04. The van der Waals surface area contributed by atoms with E-state index >= 15 is 0 Å². The average molecular weight is 378 g/mol. The molecule has 0 radical (unpaired) electrons. The van der Waals surface area contributed by atoms with Crippen LogP contribution in [0.4, 0.5) is 0 Å². The first-order valence-electron chi connectivity index (χ1n) is 9.63. The van der Waals surface area contributed by atoms with Gasteiger partial charge in [0.25, 0.3) is 0 Å². The van der Waals surface area contributed by atoms with Crippen LogP contribution >= 0.6 is 0 Å². The molecule has 2 aromatic heterocycles. The number of fused-ring (bicyclic) bond motifs is 2. The first kappa shape index (κ1) is 20.0. The van der Waals surface area contributed by atoms with Crippen molar-refractivity contribution < 1.29 is 0 Å². The van der Waals surface area contributed by atoms with Gasteiger partial charge < -0.3 is 0 Å². The van der Waals surface area contributed by atoms with Gasteiger partial charge in [-0.2, -0.15) is 10.5 Å². The summed E-state index contributed by atoms with van der Waals surface area (Å²) in [6.07, 6.45) is 4.53. The topological polar surface area (TPSA) is 73.4 Å². The van der Waals surface area contributed by atoms with E-state index in [1.54, 1.807) is 18.3 Å². The molecule has 0 unspecified atom stereocenters. The summed E-state index contributed by atoms with van der Waals surface area (Å²) in [5.41, 5.74) is 5.66. The van der Waals surface area contributed by atoms with Gasteiger partial charge in [-0.1, -0.05) is 26.8 Å². The van der Waals surface area contributed by atoms with Crippen molar-refractivity contribution in [3.8, 4) is 12.1 Å². The Labute approximate surface area is 171 Å². The maximum atomic E-state index is 8.99. The highest BCUT2D eigenvalue weighted by atomic mass is 14.7. The van der Waals surface area contributed by atoms with Crippen LogP contribution in [0.1, 0.15) is 48.9 Å². The monoisotopic (exact) mass is 378 g/mol. The van der Waals surface area contributed by atoms with E-state index in [1.807, 2.05) is 24.4 Å². The van der Waals surface area contributed by atoms with Crippen LogP contribution in [0.25, 0.3) is 21.8 Å². The van der Waals surface area contributed by atoms with E-state index in [2.05, 4.69) is 61.1 Å². The molecule has 0 spiro atoms. The molecule has 4 nitrogen and oxygen atoms in total. The van der Waals surface area contributed by atoms with Gasteiger partial charge in [-0.15, -0.1) is 0 Å². The molecular weight excluding hydrogens is 356 g/mol. The third-order valence-corrected chi connectivity index (χ3v) is 4.83. The van der Waals surface area contributed by atoms with E-state index in [1.165, 1.54) is 11.1 Å². The summed E-state index contributed by atoms with van der Waals surface area (Å²) < 4.78 is 0. The molecule has 4 rings (SSSR count). The summed E-state index contributed by atoms with van der Waals surface area (Å²) in [4.78, 5) is 8.56. The summed E-state index contributed by atoms with van der Waals surface area (Å²) in [7, 11) is 0. The summed E-state index contributed by atoms with van der Waals surface area (Å²) in [6, 6.07) is 19.8. The van der Waals surface area contributed by atoms with E-state index in [-0.39, 0.29) is 0 Å². The first-order chi connectivity index (χ1) is 14.0. The van der Waals surface area contributed by atoms with Crippen molar-refractivity contribution in [1.82, 2.24) is 9.97 Å². The molecule has 29 heavy (non-hydrogen) atoms. The number of pyridine rings is 2. The van der Waals surface area contributed by atoms with Crippen LogP contribution in [0.5, 0.6) is 0 Å². The molecule has 2 heterocycles. The predicted molar refractivity (Wildman–Crippen MR) is 116 cm³/mol. The summed E-state index contributed by atoms with van der Waals surface area (Å²) >= 11 is 0. The number of benzene rings is 2. The number of nitrogens with zero attached hydrogens (tertiary/aromatic N) is 4. The minimum atomic E-state index is 0.473. The molecule has 2 aromatic carbocycles. The Hall–Kier alpha value is -3.76. The normalized spacial score (nSPS) is 10.3. The Balaban J connectivity index is 0.000000166. The van der Waals surface area contributed by atoms with Crippen molar-refractivity contribution in [1.29, 1.82) is 10.5 Å². The Kier molecular flexibility index (Phi) is 6.17. The molecule has 0 amide bonds. The fraction of sp³-hybridized carbons (Fsp3) is 0.200. The standard InChI is InChI=1S/C13H12N2.C12H10N2/c1-9(2)10-3-4-13-12(7-10)11(8-14)5-6-15-13;1-2-9-5-11-6-10(7-13)3-4-12(11)14-8-9/h3-7,9H,1-2H3;3-6,8H,2H2,1H3. The maximum Gasteiger partial charge on any atom is 0.0999 e. The molecule has 0 aliphatic heterocycles. The van der Waals surface area contributed by atoms with Crippen LogP contribution in [-0.2, 0) is 6.42 Å². The lowest BCUT2D eigenvalue weighted by molar-refractivity contribution is 0.868. The number of nitriles is 2. The quantitative estimate of drug-likeness (QED) is 0.435. The smallest absolute Gasteiger partial charge is 0.0999 e. The number of hydrogen-bond acceptors (Lipinski definition) is 4. The molecule has 0 saturated heterocycles. The van der Waals surface area contributed by atoms with Gasteiger partial charge in [0.2, 0.25) is 0 Å². The number of hydrogen-bond donors (Lipinski definition) is 0. The van der Waals surface area contributed by atoms with Gasteiger partial charge in [0.1, 0.15) is 0 Å². The van der Waals surface area contributed by atoms with E-state index in [4.69, 9.17) is 10.5 Å². The van der Waals surface area contributed by atoms with Gasteiger partial charge in [-0.25, -0.2) is 0 Å². The number of aryl methyl sites for hydroxylation is 1. The second kappa shape index (κ2) is 8.95. The molecule has 0 atom stereocenters. The van der Waals surface area contributed by atoms with Gasteiger partial charge in [-0.05, 0) is 65.9 Å². The molecule has 4 aromatic rings. The molecule has 0 bridgehead atoms. The second-order valence-electron chi connectivity index (χ2n) is 7.12. The van der Waals surface area contributed by atoms with Crippen molar-refractivity contribution in [3.05, 3.63) is 83.2 Å². The Morgan fingerprint density at radius 1 is 0.897 bits per heavy atom. The molecule has 0 aliphatic rings. The van der Waals surface area contributed by atoms with Crippen molar-refractivity contribution in [2.24, 2.45) is 0 Å². The highest BCUT2D eigenvalue weighted by Crippen LogP contribution is 2.22. The molecule has 4 heteroatoms. The lowest BCUT2D eigenvalue weighted by atomic mass is 9.99. The number of rotatable bonds is 2. The van der Waals surface area contributed by atoms with Gasteiger partial charge >= 0.3 is 0 Å². The molecule has 142 valence electrons. The molecular formula is C25H22N4. The fourth-order valence-corrected chi connectivity index (χ4v) is 3.06. The first-order valence-corrected chi connectivity index (χ1v) is 9.63. The molecule has 0 saturated carbocycles. The molecule has 0 N–H and O–H groups in total. The molecule has 0 aliphatic carbocycles. The summed E-state index contributed by atoms with van der Waals surface area (Å²) in [5.74, 6) is 0.473. The highest BCUT2D eigenvalue weighted by molar-refractivity contribution is 5.85. The van der Waals surface area contributed by atoms with Crippen molar-refractivity contribution in [2.45, 2.75) is 33.1 Å². The van der Waals surface area contributed by atoms with E-state index in [0.29, 0.717) is 17.0 Å². The number of aromatic nitrogens is 2. The van der Waals surface area contributed by atoms with Crippen molar-refractivity contribution >= 4 is 21.8 Å². The summed E-state index contributed by atoms with van der Waals surface area (Å²) in [6.45, 7) is 6.38. The van der Waals surface area contributed by atoms with Crippen molar-refractivity contribution in [3.63, 3.8) is 0 Å². The zero-order valence-electron chi connectivity index (χ0n) is 16.8.